The Balaban J connectivity index is 2.09. The third-order valence-corrected chi connectivity index (χ3v) is 2.64. The summed E-state index contributed by atoms with van der Waals surface area (Å²) in [5.74, 6) is 0. The molecule has 0 unspecified atom stereocenters. The van der Waals surface area contributed by atoms with Crippen molar-refractivity contribution in [1.82, 2.24) is 0 Å². The van der Waals surface area contributed by atoms with Gasteiger partial charge in [-0.3, -0.25) is 0 Å². The Hall–Kier alpha value is 0.0500. The molecule has 0 aromatic heterocycles. The van der Waals surface area contributed by atoms with E-state index in [9.17, 15) is 0 Å². The molecule has 0 aromatic carbocycles. The summed E-state index contributed by atoms with van der Waals surface area (Å²) in [5, 5.41) is 0. The van der Waals surface area contributed by atoms with Gasteiger partial charge in [0, 0.05) is 18.4 Å². The van der Waals surface area contributed by atoms with Crippen LogP contribution in [0.15, 0.2) is 9.81 Å². The molecule has 0 bridgehead atoms. The van der Waals surface area contributed by atoms with E-state index in [0.717, 1.165) is 13.0 Å². The summed E-state index contributed by atoms with van der Waals surface area (Å²) in [5.41, 5.74) is 0. The third kappa shape index (κ3) is 2.03. The maximum Gasteiger partial charge on any atom is 0.0508 e. The standard InChI is InChI=1S/C7H12OS/c1-3-6-7(9-6)4-5-8-2/h3-5H2,1-2H3. The molecule has 1 heterocycles. The van der Waals surface area contributed by atoms with E-state index in [2.05, 4.69) is 6.92 Å². The summed E-state index contributed by atoms with van der Waals surface area (Å²) in [6.45, 7) is 3.08. The van der Waals surface area contributed by atoms with Crippen LogP contribution in [0.1, 0.15) is 19.8 Å². The van der Waals surface area contributed by atoms with E-state index in [4.69, 9.17) is 4.74 Å². The van der Waals surface area contributed by atoms with Gasteiger partial charge in [-0.2, -0.15) is 0 Å². The molecule has 0 spiro atoms. The SMILES string of the molecule is CCC1=C(CCOC)S1. The van der Waals surface area contributed by atoms with Crippen LogP contribution in [0.2, 0.25) is 0 Å². The molecule has 1 rings (SSSR count). The predicted octanol–water partition coefficient (Wildman–Crippen LogP) is 2.39. The van der Waals surface area contributed by atoms with Gasteiger partial charge in [-0.1, -0.05) is 18.7 Å². The molecule has 0 radical (unpaired) electrons. The molecule has 2 heteroatoms. The van der Waals surface area contributed by atoms with Crippen molar-refractivity contribution in [3.05, 3.63) is 9.81 Å². The van der Waals surface area contributed by atoms with Crippen LogP contribution in [0.5, 0.6) is 0 Å². The highest BCUT2D eigenvalue weighted by molar-refractivity contribution is 8.13. The smallest absolute Gasteiger partial charge is 0.0508 e. The second-order valence-corrected chi connectivity index (χ2v) is 3.23. The fourth-order valence-corrected chi connectivity index (χ4v) is 1.60. The minimum atomic E-state index is 0.881. The molecule has 0 fully saturated rings. The quantitative estimate of drug-likeness (QED) is 0.599. The molecule has 1 aliphatic rings. The highest BCUT2D eigenvalue weighted by Gasteiger charge is 2.19. The lowest BCUT2D eigenvalue weighted by atomic mass is 10.3. The predicted molar refractivity (Wildman–Crippen MR) is 41.4 cm³/mol. The Morgan fingerprint density at radius 1 is 1.44 bits per heavy atom. The van der Waals surface area contributed by atoms with Crippen LogP contribution in [0.3, 0.4) is 0 Å². The number of hydrogen-bond acceptors (Lipinski definition) is 2. The number of rotatable bonds is 4. The average Bonchev–Trinajstić information content (AvgIpc) is 2.62. The normalized spacial score (nSPS) is 16.7. The zero-order chi connectivity index (χ0) is 6.69. The van der Waals surface area contributed by atoms with Crippen LogP contribution >= 0.6 is 11.8 Å². The first-order valence-corrected chi connectivity index (χ1v) is 4.09. The highest BCUT2D eigenvalue weighted by atomic mass is 32.2. The van der Waals surface area contributed by atoms with Gasteiger partial charge < -0.3 is 4.74 Å². The third-order valence-electron chi connectivity index (χ3n) is 1.37. The summed E-state index contributed by atoms with van der Waals surface area (Å²) in [6.07, 6.45) is 2.34. The first kappa shape index (κ1) is 7.16. The minimum Gasteiger partial charge on any atom is -0.384 e. The molecule has 1 nitrogen and oxygen atoms in total. The van der Waals surface area contributed by atoms with Crippen LogP contribution in [-0.4, -0.2) is 13.7 Å². The summed E-state index contributed by atoms with van der Waals surface area (Å²) in [6, 6.07) is 0. The fourth-order valence-electron chi connectivity index (χ4n) is 0.778. The zero-order valence-electron chi connectivity index (χ0n) is 5.94. The fraction of sp³-hybridized carbons (Fsp3) is 0.714. The lowest BCUT2D eigenvalue weighted by Crippen LogP contribution is -1.83. The second-order valence-electron chi connectivity index (χ2n) is 2.04. The van der Waals surface area contributed by atoms with Crippen molar-refractivity contribution in [3.8, 4) is 0 Å². The van der Waals surface area contributed by atoms with Gasteiger partial charge in [0.05, 0.1) is 6.61 Å². The van der Waals surface area contributed by atoms with Gasteiger partial charge in [-0.25, -0.2) is 0 Å². The average molecular weight is 144 g/mol. The highest BCUT2D eigenvalue weighted by Crippen LogP contribution is 2.48. The Bertz CT molecular complexity index is 129. The van der Waals surface area contributed by atoms with Crippen LogP contribution in [-0.2, 0) is 4.74 Å². The lowest BCUT2D eigenvalue weighted by molar-refractivity contribution is 0.204. The maximum absolute atomic E-state index is 4.94. The Morgan fingerprint density at radius 3 is 2.67 bits per heavy atom. The van der Waals surface area contributed by atoms with Gasteiger partial charge in [0.15, 0.2) is 0 Å². The largest absolute Gasteiger partial charge is 0.384 e. The van der Waals surface area contributed by atoms with E-state index in [1.54, 1.807) is 16.9 Å². The van der Waals surface area contributed by atoms with Crippen molar-refractivity contribution in [2.75, 3.05) is 13.7 Å². The molecule has 52 valence electrons. The van der Waals surface area contributed by atoms with E-state index in [1.807, 2.05) is 11.8 Å². The van der Waals surface area contributed by atoms with Gasteiger partial charge in [0.2, 0.25) is 0 Å². The maximum atomic E-state index is 4.94. The molecule has 9 heavy (non-hydrogen) atoms. The molecule has 0 saturated carbocycles. The van der Waals surface area contributed by atoms with Gasteiger partial charge in [0.25, 0.3) is 0 Å². The Labute approximate surface area is 60.5 Å². The molecule has 0 N–H and O–H groups in total. The van der Waals surface area contributed by atoms with Gasteiger partial charge in [-0.05, 0) is 11.3 Å². The minimum absolute atomic E-state index is 0.881. The van der Waals surface area contributed by atoms with Gasteiger partial charge >= 0.3 is 0 Å². The van der Waals surface area contributed by atoms with Crippen LogP contribution < -0.4 is 0 Å². The summed E-state index contributed by atoms with van der Waals surface area (Å²) in [4.78, 5) is 3.13. The second kappa shape index (κ2) is 3.28. The topological polar surface area (TPSA) is 9.23 Å². The van der Waals surface area contributed by atoms with Crippen LogP contribution in [0.25, 0.3) is 0 Å². The van der Waals surface area contributed by atoms with Crippen LogP contribution in [0.4, 0.5) is 0 Å². The Morgan fingerprint density at radius 2 is 2.22 bits per heavy atom. The van der Waals surface area contributed by atoms with Crippen molar-refractivity contribution in [1.29, 1.82) is 0 Å². The lowest BCUT2D eigenvalue weighted by Gasteiger charge is -1.88. The van der Waals surface area contributed by atoms with Crippen molar-refractivity contribution in [3.63, 3.8) is 0 Å². The van der Waals surface area contributed by atoms with Crippen LogP contribution in [0, 0.1) is 0 Å². The molecule has 0 amide bonds. The Kier molecular flexibility index (Phi) is 2.61. The van der Waals surface area contributed by atoms with E-state index in [0.29, 0.717) is 0 Å². The van der Waals surface area contributed by atoms with E-state index >= 15 is 0 Å². The van der Waals surface area contributed by atoms with Crippen molar-refractivity contribution < 1.29 is 4.74 Å². The van der Waals surface area contributed by atoms with Crippen molar-refractivity contribution in [2.24, 2.45) is 0 Å². The molecular formula is C7H12OS. The molecule has 0 saturated heterocycles. The van der Waals surface area contributed by atoms with E-state index in [-0.39, 0.29) is 0 Å². The van der Waals surface area contributed by atoms with Gasteiger partial charge in [-0.15, -0.1) is 0 Å². The molecule has 0 aliphatic carbocycles. The van der Waals surface area contributed by atoms with Crippen molar-refractivity contribution in [2.45, 2.75) is 19.8 Å². The monoisotopic (exact) mass is 144 g/mol. The number of hydrogen-bond donors (Lipinski definition) is 0. The first-order chi connectivity index (χ1) is 4.38. The first-order valence-electron chi connectivity index (χ1n) is 3.27. The molecule has 0 aromatic rings. The number of ether oxygens (including phenoxy) is 1. The number of thioether (sulfide) groups is 1. The van der Waals surface area contributed by atoms with E-state index < -0.39 is 0 Å². The molecule has 0 atom stereocenters. The summed E-state index contributed by atoms with van der Waals surface area (Å²) >= 11 is 1.93. The molecule has 1 aliphatic heterocycles. The van der Waals surface area contributed by atoms with Gasteiger partial charge in [0.1, 0.15) is 0 Å². The summed E-state index contributed by atoms with van der Waals surface area (Å²) in [7, 11) is 1.75. The summed E-state index contributed by atoms with van der Waals surface area (Å²) < 4.78 is 4.94. The number of methoxy groups -OCH3 is 1. The molecular weight excluding hydrogens is 132 g/mol. The van der Waals surface area contributed by atoms with Crippen molar-refractivity contribution >= 4 is 11.8 Å². The van der Waals surface area contributed by atoms with E-state index in [1.165, 1.54) is 6.42 Å². The zero-order valence-corrected chi connectivity index (χ0v) is 6.75. The number of allylic oxidation sites excluding steroid dienone is 1.